The monoisotopic (exact) mass is 386 g/mol. The standard InChI is InChI=1S/C16H14ClF3N4O2/c17-12-2-3-13(14(9-12)24(25)26)22-5-7-23(8-6-22)15-4-1-11(10-21-15)16(18,19)20/h1-4,9-10H,5-8H2. The fourth-order valence-electron chi connectivity index (χ4n) is 2.83. The fourth-order valence-corrected chi connectivity index (χ4v) is 2.99. The molecular formula is C16H14ClF3N4O2. The molecular weight excluding hydrogens is 373 g/mol. The normalized spacial score (nSPS) is 15.2. The minimum Gasteiger partial charge on any atom is -0.362 e. The van der Waals surface area contributed by atoms with Gasteiger partial charge >= 0.3 is 6.18 Å². The molecule has 0 aliphatic carbocycles. The first kappa shape index (κ1) is 18.2. The number of nitro groups is 1. The van der Waals surface area contributed by atoms with E-state index < -0.39 is 16.7 Å². The summed E-state index contributed by atoms with van der Waals surface area (Å²) in [7, 11) is 0. The molecule has 0 amide bonds. The van der Waals surface area contributed by atoms with Crippen LogP contribution in [-0.4, -0.2) is 36.1 Å². The predicted molar refractivity (Wildman–Crippen MR) is 91.8 cm³/mol. The molecule has 0 radical (unpaired) electrons. The van der Waals surface area contributed by atoms with Crippen LogP contribution in [0.15, 0.2) is 36.5 Å². The van der Waals surface area contributed by atoms with Crippen LogP contribution in [0, 0.1) is 10.1 Å². The van der Waals surface area contributed by atoms with Crippen molar-refractivity contribution in [3.8, 4) is 0 Å². The number of halogens is 4. The molecule has 1 aliphatic heterocycles. The van der Waals surface area contributed by atoms with Crippen molar-refractivity contribution >= 4 is 28.8 Å². The van der Waals surface area contributed by atoms with Gasteiger partial charge in [-0.1, -0.05) is 11.6 Å². The van der Waals surface area contributed by atoms with Crippen molar-refractivity contribution < 1.29 is 18.1 Å². The van der Waals surface area contributed by atoms with Gasteiger partial charge in [0.15, 0.2) is 0 Å². The van der Waals surface area contributed by atoms with Crippen LogP contribution >= 0.6 is 11.6 Å². The number of alkyl halides is 3. The molecule has 3 rings (SSSR count). The van der Waals surface area contributed by atoms with Gasteiger partial charge in [-0.25, -0.2) is 4.98 Å². The summed E-state index contributed by atoms with van der Waals surface area (Å²) >= 11 is 5.83. The topological polar surface area (TPSA) is 62.5 Å². The molecule has 0 saturated carbocycles. The molecule has 1 aliphatic rings. The molecule has 0 N–H and O–H groups in total. The molecule has 10 heteroatoms. The third-order valence-corrected chi connectivity index (χ3v) is 4.39. The highest BCUT2D eigenvalue weighted by Crippen LogP contribution is 2.32. The third kappa shape index (κ3) is 3.82. The van der Waals surface area contributed by atoms with Gasteiger partial charge in [-0.15, -0.1) is 0 Å². The van der Waals surface area contributed by atoms with E-state index in [1.807, 2.05) is 9.80 Å². The first-order valence-corrected chi connectivity index (χ1v) is 8.10. The zero-order valence-electron chi connectivity index (χ0n) is 13.4. The Bertz CT molecular complexity index is 806. The lowest BCUT2D eigenvalue weighted by atomic mass is 10.2. The Morgan fingerprint density at radius 1 is 1.08 bits per heavy atom. The summed E-state index contributed by atoms with van der Waals surface area (Å²) in [5.74, 6) is 0.447. The first-order valence-electron chi connectivity index (χ1n) is 7.73. The van der Waals surface area contributed by atoms with Crippen LogP contribution in [-0.2, 0) is 6.18 Å². The molecule has 0 unspecified atom stereocenters. The minimum absolute atomic E-state index is 0.0707. The van der Waals surface area contributed by atoms with Gasteiger partial charge in [0, 0.05) is 43.5 Å². The highest BCUT2D eigenvalue weighted by molar-refractivity contribution is 6.30. The van der Waals surface area contributed by atoms with Crippen LogP contribution in [0.2, 0.25) is 5.02 Å². The van der Waals surface area contributed by atoms with E-state index in [2.05, 4.69) is 4.98 Å². The SMILES string of the molecule is O=[N+]([O-])c1cc(Cl)ccc1N1CCN(c2ccc(C(F)(F)F)cn2)CC1. The van der Waals surface area contributed by atoms with Crippen molar-refractivity contribution in [1.82, 2.24) is 4.98 Å². The number of anilines is 2. The summed E-state index contributed by atoms with van der Waals surface area (Å²) in [6.07, 6.45) is -3.61. The van der Waals surface area contributed by atoms with Crippen molar-refractivity contribution in [2.45, 2.75) is 6.18 Å². The van der Waals surface area contributed by atoms with Gasteiger partial charge in [0.2, 0.25) is 0 Å². The van der Waals surface area contributed by atoms with Gasteiger partial charge in [-0.2, -0.15) is 13.2 Å². The summed E-state index contributed by atoms with van der Waals surface area (Å²) in [5, 5.41) is 11.5. The molecule has 0 spiro atoms. The molecule has 0 atom stereocenters. The van der Waals surface area contributed by atoms with E-state index in [1.54, 1.807) is 12.1 Å². The zero-order chi connectivity index (χ0) is 18.9. The first-order chi connectivity index (χ1) is 12.3. The lowest BCUT2D eigenvalue weighted by molar-refractivity contribution is -0.384. The number of hydrogen-bond acceptors (Lipinski definition) is 5. The van der Waals surface area contributed by atoms with E-state index in [0.29, 0.717) is 37.7 Å². The van der Waals surface area contributed by atoms with Gasteiger partial charge in [0.25, 0.3) is 5.69 Å². The van der Waals surface area contributed by atoms with E-state index in [4.69, 9.17) is 11.6 Å². The molecule has 1 fully saturated rings. The maximum atomic E-state index is 12.6. The summed E-state index contributed by atoms with van der Waals surface area (Å²) in [6, 6.07) is 6.84. The number of rotatable bonds is 3. The van der Waals surface area contributed by atoms with Crippen molar-refractivity contribution in [1.29, 1.82) is 0 Å². The summed E-state index contributed by atoms with van der Waals surface area (Å²) in [4.78, 5) is 18.3. The average Bonchev–Trinajstić information content (AvgIpc) is 2.61. The van der Waals surface area contributed by atoms with E-state index in [9.17, 15) is 23.3 Å². The second kappa shape index (κ2) is 6.99. The maximum absolute atomic E-state index is 12.6. The second-order valence-corrected chi connectivity index (χ2v) is 6.20. The van der Waals surface area contributed by atoms with Crippen molar-refractivity contribution in [2.75, 3.05) is 36.0 Å². The van der Waals surface area contributed by atoms with Crippen LogP contribution < -0.4 is 9.80 Å². The van der Waals surface area contributed by atoms with Gasteiger partial charge < -0.3 is 9.80 Å². The molecule has 26 heavy (non-hydrogen) atoms. The molecule has 2 aromatic rings. The van der Waals surface area contributed by atoms with Gasteiger partial charge in [-0.3, -0.25) is 10.1 Å². The van der Waals surface area contributed by atoms with E-state index >= 15 is 0 Å². The molecule has 1 aromatic carbocycles. The maximum Gasteiger partial charge on any atom is 0.417 e. The number of benzene rings is 1. The quantitative estimate of drug-likeness (QED) is 0.589. The Labute approximate surface area is 151 Å². The Kier molecular flexibility index (Phi) is 4.90. The second-order valence-electron chi connectivity index (χ2n) is 5.77. The van der Waals surface area contributed by atoms with Gasteiger partial charge in [-0.05, 0) is 24.3 Å². The Morgan fingerprint density at radius 2 is 1.73 bits per heavy atom. The molecule has 1 aromatic heterocycles. The summed E-state index contributed by atoms with van der Waals surface area (Å²) in [5.41, 5.74) is -0.394. The average molecular weight is 387 g/mol. The molecule has 2 heterocycles. The van der Waals surface area contributed by atoms with Crippen molar-refractivity contribution in [3.63, 3.8) is 0 Å². The lowest BCUT2D eigenvalue weighted by Crippen LogP contribution is -2.47. The Balaban J connectivity index is 1.71. The van der Waals surface area contributed by atoms with Crippen LogP contribution in [0.4, 0.5) is 30.4 Å². The Morgan fingerprint density at radius 3 is 2.27 bits per heavy atom. The van der Waals surface area contributed by atoms with E-state index in [-0.39, 0.29) is 10.7 Å². The molecule has 0 bridgehead atoms. The van der Waals surface area contributed by atoms with Crippen LogP contribution in [0.25, 0.3) is 0 Å². The summed E-state index contributed by atoms with van der Waals surface area (Å²) in [6.45, 7) is 1.92. The number of hydrogen-bond donors (Lipinski definition) is 0. The highest BCUT2D eigenvalue weighted by Gasteiger charge is 2.31. The van der Waals surface area contributed by atoms with Crippen molar-refractivity contribution in [3.05, 3.63) is 57.2 Å². The number of nitrogens with zero attached hydrogens (tertiary/aromatic N) is 4. The molecule has 138 valence electrons. The Hall–Kier alpha value is -2.55. The summed E-state index contributed by atoms with van der Waals surface area (Å²) < 4.78 is 37.8. The largest absolute Gasteiger partial charge is 0.417 e. The van der Waals surface area contributed by atoms with E-state index in [1.165, 1.54) is 12.1 Å². The smallest absolute Gasteiger partial charge is 0.362 e. The van der Waals surface area contributed by atoms with Crippen LogP contribution in [0.5, 0.6) is 0 Å². The van der Waals surface area contributed by atoms with Crippen LogP contribution in [0.1, 0.15) is 5.56 Å². The van der Waals surface area contributed by atoms with E-state index in [0.717, 1.165) is 12.3 Å². The fraction of sp³-hybridized carbons (Fsp3) is 0.312. The molecule has 6 nitrogen and oxygen atoms in total. The number of pyridine rings is 1. The molecule has 1 saturated heterocycles. The van der Waals surface area contributed by atoms with Gasteiger partial charge in [0.1, 0.15) is 11.5 Å². The highest BCUT2D eigenvalue weighted by atomic mass is 35.5. The van der Waals surface area contributed by atoms with Crippen LogP contribution in [0.3, 0.4) is 0 Å². The lowest BCUT2D eigenvalue weighted by Gasteiger charge is -2.36. The van der Waals surface area contributed by atoms with Gasteiger partial charge in [0.05, 0.1) is 10.5 Å². The number of piperazine rings is 1. The zero-order valence-corrected chi connectivity index (χ0v) is 14.2. The minimum atomic E-state index is -4.42. The number of aromatic nitrogens is 1. The predicted octanol–water partition coefficient (Wildman–Crippen LogP) is 3.99. The third-order valence-electron chi connectivity index (χ3n) is 4.15. The van der Waals surface area contributed by atoms with Crippen molar-refractivity contribution in [2.24, 2.45) is 0 Å². The number of nitro benzene ring substituents is 1.